The molecule has 8 heteroatoms. The first kappa shape index (κ1) is 24.1. The Morgan fingerprint density at radius 1 is 1.06 bits per heavy atom. The van der Waals surface area contributed by atoms with Crippen molar-refractivity contribution in [2.75, 3.05) is 38.5 Å². The number of carbonyl (C=O) groups excluding carboxylic acids is 1. The molecule has 2 saturated heterocycles. The topological polar surface area (TPSA) is 96.9 Å². The summed E-state index contributed by atoms with van der Waals surface area (Å²) in [6.45, 7) is 6.91. The Morgan fingerprint density at radius 3 is 2.50 bits per heavy atom. The van der Waals surface area contributed by atoms with Crippen LogP contribution < -0.4 is 5.73 Å². The lowest BCUT2D eigenvalue weighted by Crippen LogP contribution is -2.46. The first-order valence-corrected chi connectivity index (χ1v) is 12.5. The molecular weight excluding hydrogens is 428 g/mol. The van der Waals surface area contributed by atoms with Crippen LogP contribution in [0.2, 0.25) is 0 Å². The molecule has 0 saturated carbocycles. The van der Waals surface area contributed by atoms with Gasteiger partial charge in [0.25, 0.3) is 0 Å². The van der Waals surface area contributed by atoms with Crippen molar-refractivity contribution in [3.05, 3.63) is 54.0 Å². The van der Waals surface area contributed by atoms with Gasteiger partial charge in [-0.25, -0.2) is 4.98 Å². The Hall–Kier alpha value is -3.00. The zero-order valence-electron chi connectivity index (χ0n) is 20.1. The summed E-state index contributed by atoms with van der Waals surface area (Å²) in [7, 11) is 0. The van der Waals surface area contributed by atoms with E-state index in [0.717, 1.165) is 76.2 Å². The van der Waals surface area contributed by atoms with E-state index in [4.69, 9.17) is 10.6 Å². The number of hydrogen-bond donors (Lipinski definition) is 1. The summed E-state index contributed by atoms with van der Waals surface area (Å²) in [6, 6.07) is 9.81. The zero-order chi connectivity index (χ0) is 23.8. The van der Waals surface area contributed by atoms with Gasteiger partial charge in [-0.05, 0) is 75.0 Å². The minimum absolute atomic E-state index is 0.118. The predicted molar refractivity (Wildman–Crippen MR) is 133 cm³/mol. The summed E-state index contributed by atoms with van der Waals surface area (Å²) in [4.78, 5) is 31.8. The van der Waals surface area contributed by atoms with Gasteiger partial charge in [0.15, 0.2) is 0 Å². The van der Waals surface area contributed by atoms with Gasteiger partial charge >= 0.3 is 0 Å². The van der Waals surface area contributed by atoms with Crippen LogP contribution in [-0.2, 0) is 16.2 Å². The Kier molecular flexibility index (Phi) is 8.46. The van der Waals surface area contributed by atoms with Gasteiger partial charge in [0.05, 0.1) is 5.69 Å². The molecule has 2 aromatic rings. The monoisotopic (exact) mass is 464 g/mol. The lowest BCUT2D eigenvalue weighted by Gasteiger charge is -2.37. The van der Waals surface area contributed by atoms with Crippen molar-refractivity contribution in [3.8, 4) is 0 Å². The molecule has 2 N–H and O–H groups in total. The van der Waals surface area contributed by atoms with E-state index in [2.05, 4.69) is 31.8 Å². The quantitative estimate of drug-likeness (QED) is 0.366. The number of carbonyl (C=O) groups is 1. The molecular formula is C26H36N6O2. The van der Waals surface area contributed by atoms with Crippen molar-refractivity contribution in [1.82, 2.24) is 19.8 Å². The number of pyridine rings is 2. The van der Waals surface area contributed by atoms with Crippen LogP contribution in [0.15, 0.2) is 47.9 Å². The molecule has 0 radical (unpaired) electrons. The zero-order valence-corrected chi connectivity index (χ0v) is 20.1. The van der Waals surface area contributed by atoms with Crippen molar-refractivity contribution in [2.45, 2.75) is 45.6 Å². The molecule has 34 heavy (non-hydrogen) atoms. The number of nitrogen functional groups attached to an aromatic ring is 1. The van der Waals surface area contributed by atoms with E-state index in [1.807, 2.05) is 30.3 Å². The maximum absolute atomic E-state index is 13.2. The highest BCUT2D eigenvalue weighted by molar-refractivity contribution is 6.00. The molecule has 2 aliphatic heterocycles. The minimum atomic E-state index is 0.118. The van der Waals surface area contributed by atoms with Crippen LogP contribution in [0.5, 0.6) is 0 Å². The highest BCUT2D eigenvalue weighted by atomic mass is 16.6. The van der Waals surface area contributed by atoms with Crippen molar-refractivity contribution >= 4 is 17.4 Å². The molecule has 182 valence electrons. The van der Waals surface area contributed by atoms with E-state index in [9.17, 15) is 4.79 Å². The number of aromatic nitrogens is 2. The van der Waals surface area contributed by atoms with E-state index < -0.39 is 0 Å². The molecule has 0 aromatic carbocycles. The first-order valence-electron chi connectivity index (χ1n) is 12.5. The van der Waals surface area contributed by atoms with Crippen LogP contribution in [-0.4, -0.2) is 64.2 Å². The summed E-state index contributed by atoms with van der Waals surface area (Å²) >= 11 is 0. The second kappa shape index (κ2) is 11.9. The summed E-state index contributed by atoms with van der Waals surface area (Å²) in [6.07, 6.45) is 8.05. The second-order valence-corrected chi connectivity index (χ2v) is 9.26. The molecule has 8 nitrogen and oxygen atoms in total. The van der Waals surface area contributed by atoms with E-state index in [0.29, 0.717) is 18.3 Å². The fourth-order valence-electron chi connectivity index (χ4n) is 4.87. The third-order valence-electron chi connectivity index (χ3n) is 6.77. The van der Waals surface area contributed by atoms with Gasteiger partial charge in [0, 0.05) is 43.9 Å². The van der Waals surface area contributed by atoms with Crippen LogP contribution in [0.4, 0.5) is 5.82 Å². The maximum Gasteiger partial charge on any atom is 0.225 e. The Balaban J connectivity index is 1.28. The summed E-state index contributed by atoms with van der Waals surface area (Å²) in [5.74, 6) is 1.24. The summed E-state index contributed by atoms with van der Waals surface area (Å²) in [5.41, 5.74) is 8.75. The molecule has 0 unspecified atom stereocenters. The molecule has 4 heterocycles. The van der Waals surface area contributed by atoms with Gasteiger partial charge in [-0.1, -0.05) is 18.1 Å². The first-order chi connectivity index (χ1) is 16.6. The van der Waals surface area contributed by atoms with E-state index >= 15 is 0 Å². The van der Waals surface area contributed by atoms with Gasteiger partial charge in [0.2, 0.25) is 5.91 Å². The maximum atomic E-state index is 13.2. The highest BCUT2D eigenvalue weighted by Gasteiger charge is 2.32. The predicted octanol–water partition coefficient (Wildman–Crippen LogP) is 3.34. The van der Waals surface area contributed by atoms with Crippen LogP contribution in [0.25, 0.3) is 0 Å². The fraction of sp³-hybridized carbons (Fsp3) is 0.538. The van der Waals surface area contributed by atoms with Crippen LogP contribution >= 0.6 is 0 Å². The molecule has 2 aliphatic rings. The third kappa shape index (κ3) is 6.32. The van der Waals surface area contributed by atoms with Gasteiger partial charge in [-0.15, -0.1) is 0 Å². The number of anilines is 1. The minimum Gasteiger partial charge on any atom is -0.396 e. The molecule has 0 aliphatic carbocycles. The average molecular weight is 465 g/mol. The Bertz CT molecular complexity index is 951. The fourth-order valence-corrected chi connectivity index (χ4v) is 4.87. The average Bonchev–Trinajstić information content (AvgIpc) is 2.87. The smallest absolute Gasteiger partial charge is 0.225 e. The number of rotatable bonds is 8. The Labute approximate surface area is 202 Å². The van der Waals surface area contributed by atoms with Gasteiger partial charge in [0.1, 0.15) is 18.1 Å². The molecule has 2 fully saturated rings. The SMILES string of the molecule is CCCON=C(c1ccccn1)C1CCN(C(=O)C2CCN(Cc3ccnc(N)c3)CC2)CC1. The summed E-state index contributed by atoms with van der Waals surface area (Å²) in [5, 5.41) is 4.45. The number of hydrogen-bond acceptors (Lipinski definition) is 7. The molecule has 0 atom stereocenters. The molecule has 0 spiro atoms. The number of nitrogens with zero attached hydrogens (tertiary/aromatic N) is 5. The van der Waals surface area contributed by atoms with Crippen molar-refractivity contribution in [1.29, 1.82) is 0 Å². The Morgan fingerprint density at radius 2 is 1.82 bits per heavy atom. The lowest BCUT2D eigenvalue weighted by molar-refractivity contribution is -0.138. The van der Waals surface area contributed by atoms with E-state index in [1.54, 1.807) is 12.4 Å². The molecule has 4 rings (SSSR count). The number of likely N-dealkylation sites (tertiary alicyclic amines) is 2. The van der Waals surface area contributed by atoms with Crippen molar-refractivity contribution in [3.63, 3.8) is 0 Å². The molecule has 2 aromatic heterocycles. The third-order valence-corrected chi connectivity index (χ3v) is 6.77. The summed E-state index contributed by atoms with van der Waals surface area (Å²) < 4.78 is 0. The second-order valence-electron chi connectivity index (χ2n) is 9.26. The van der Waals surface area contributed by atoms with Crippen molar-refractivity contribution < 1.29 is 9.63 Å². The van der Waals surface area contributed by atoms with Gasteiger partial charge in [-0.2, -0.15) is 0 Å². The van der Waals surface area contributed by atoms with E-state index in [-0.39, 0.29) is 11.8 Å². The van der Waals surface area contributed by atoms with Crippen LogP contribution in [0.1, 0.15) is 50.3 Å². The van der Waals surface area contributed by atoms with Gasteiger partial charge < -0.3 is 15.5 Å². The highest BCUT2D eigenvalue weighted by Crippen LogP contribution is 2.26. The molecule has 1 amide bonds. The van der Waals surface area contributed by atoms with Crippen molar-refractivity contribution in [2.24, 2.45) is 17.0 Å². The lowest BCUT2D eigenvalue weighted by atomic mass is 9.88. The number of nitrogens with two attached hydrogens (primary N) is 1. The number of oxime groups is 1. The number of piperidine rings is 2. The largest absolute Gasteiger partial charge is 0.396 e. The number of amides is 1. The van der Waals surface area contributed by atoms with E-state index in [1.165, 1.54) is 5.56 Å². The van der Waals surface area contributed by atoms with Gasteiger partial charge in [-0.3, -0.25) is 14.7 Å². The molecule has 0 bridgehead atoms. The normalized spacial score (nSPS) is 18.7. The van der Waals surface area contributed by atoms with Crippen LogP contribution in [0, 0.1) is 11.8 Å². The van der Waals surface area contributed by atoms with Crippen LogP contribution in [0.3, 0.4) is 0 Å². The standard InChI is InChI=1S/C26H36N6O2/c1-2-17-34-30-25(23-5-3-4-11-28-23)21-9-15-32(16-10-21)26(33)22-7-13-31(14-8-22)19-20-6-12-29-24(27)18-20/h3-6,11-12,18,21-22H,2,7-10,13-17,19H2,1H3,(H2,27,29).